The maximum Gasteiger partial charge on any atom is 0.247 e. The van der Waals surface area contributed by atoms with E-state index in [4.69, 9.17) is 4.42 Å². The van der Waals surface area contributed by atoms with E-state index in [9.17, 15) is 4.79 Å². The SMILES string of the molecule is Cc1ccc(-c2nnc(CN(C)C(=O)/C=C/c3ccccc3)o2)cc1. The Kier molecular flexibility index (Phi) is 5.04. The zero-order valence-electron chi connectivity index (χ0n) is 14.2. The first-order chi connectivity index (χ1) is 12.1. The number of amides is 1. The van der Waals surface area contributed by atoms with Crippen molar-refractivity contribution in [1.29, 1.82) is 0 Å². The minimum Gasteiger partial charge on any atom is -0.419 e. The molecule has 0 bridgehead atoms. The quantitative estimate of drug-likeness (QED) is 0.668. The molecule has 3 aromatic rings. The fourth-order valence-corrected chi connectivity index (χ4v) is 2.27. The Hall–Kier alpha value is -3.21. The zero-order valence-corrected chi connectivity index (χ0v) is 14.2. The van der Waals surface area contributed by atoms with Crippen molar-refractivity contribution in [1.82, 2.24) is 15.1 Å². The maximum atomic E-state index is 12.2. The van der Waals surface area contributed by atoms with Crippen molar-refractivity contribution in [2.45, 2.75) is 13.5 Å². The highest BCUT2D eigenvalue weighted by molar-refractivity contribution is 5.91. The Labute approximate surface area is 146 Å². The first kappa shape index (κ1) is 16.6. The third kappa shape index (κ3) is 4.41. The number of rotatable bonds is 5. The van der Waals surface area contributed by atoms with E-state index < -0.39 is 0 Å². The van der Waals surface area contributed by atoms with Gasteiger partial charge in [0.25, 0.3) is 0 Å². The van der Waals surface area contributed by atoms with Gasteiger partial charge in [0.05, 0.1) is 6.54 Å². The lowest BCUT2D eigenvalue weighted by molar-refractivity contribution is -0.125. The average molecular weight is 333 g/mol. The molecule has 126 valence electrons. The van der Waals surface area contributed by atoms with E-state index in [1.54, 1.807) is 13.1 Å². The molecule has 3 rings (SSSR count). The van der Waals surface area contributed by atoms with Crippen molar-refractivity contribution in [2.24, 2.45) is 0 Å². The summed E-state index contributed by atoms with van der Waals surface area (Å²) in [5.41, 5.74) is 3.00. The van der Waals surface area contributed by atoms with E-state index >= 15 is 0 Å². The Morgan fingerprint density at radius 1 is 1.08 bits per heavy atom. The van der Waals surface area contributed by atoms with E-state index in [1.165, 1.54) is 16.5 Å². The van der Waals surface area contributed by atoms with Crippen LogP contribution in [-0.4, -0.2) is 28.1 Å². The van der Waals surface area contributed by atoms with Gasteiger partial charge >= 0.3 is 0 Å². The Morgan fingerprint density at radius 3 is 2.52 bits per heavy atom. The van der Waals surface area contributed by atoms with Gasteiger partial charge in [-0.05, 0) is 30.7 Å². The number of nitrogens with zero attached hydrogens (tertiary/aromatic N) is 3. The lowest BCUT2D eigenvalue weighted by atomic mass is 10.1. The normalized spacial score (nSPS) is 11.0. The van der Waals surface area contributed by atoms with Crippen molar-refractivity contribution >= 4 is 12.0 Å². The molecule has 0 N–H and O–H groups in total. The summed E-state index contributed by atoms with van der Waals surface area (Å²) in [5.74, 6) is 0.731. The third-order valence-electron chi connectivity index (χ3n) is 3.73. The summed E-state index contributed by atoms with van der Waals surface area (Å²) in [7, 11) is 1.70. The molecule has 0 radical (unpaired) electrons. The second kappa shape index (κ2) is 7.57. The molecule has 0 spiro atoms. The van der Waals surface area contributed by atoms with Crippen LogP contribution in [0.15, 0.2) is 65.1 Å². The molecule has 0 aliphatic rings. The number of carbonyl (C=O) groups excluding carboxylic acids is 1. The highest BCUT2D eigenvalue weighted by Gasteiger charge is 2.12. The second-order valence-electron chi connectivity index (χ2n) is 5.81. The molecule has 1 aromatic heterocycles. The van der Waals surface area contributed by atoms with Crippen molar-refractivity contribution in [2.75, 3.05) is 7.05 Å². The van der Waals surface area contributed by atoms with Crippen molar-refractivity contribution < 1.29 is 9.21 Å². The number of carbonyl (C=O) groups is 1. The van der Waals surface area contributed by atoms with Gasteiger partial charge in [0.1, 0.15) is 0 Å². The number of hydrogen-bond donors (Lipinski definition) is 0. The van der Waals surface area contributed by atoms with E-state index in [2.05, 4.69) is 10.2 Å². The molecule has 2 aromatic carbocycles. The van der Waals surface area contributed by atoms with Gasteiger partial charge in [-0.25, -0.2) is 0 Å². The molecule has 0 aliphatic carbocycles. The average Bonchev–Trinajstić information content (AvgIpc) is 3.09. The van der Waals surface area contributed by atoms with Crippen LogP contribution < -0.4 is 0 Å². The van der Waals surface area contributed by atoms with Crippen molar-refractivity contribution in [3.63, 3.8) is 0 Å². The monoisotopic (exact) mass is 333 g/mol. The maximum absolute atomic E-state index is 12.2. The number of aryl methyl sites for hydroxylation is 1. The lowest BCUT2D eigenvalue weighted by Gasteiger charge is -2.11. The molecule has 1 amide bonds. The zero-order chi connectivity index (χ0) is 17.6. The van der Waals surface area contributed by atoms with Crippen LogP contribution in [0, 0.1) is 6.92 Å². The third-order valence-corrected chi connectivity index (χ3v) is 3.73. The summed E-state index contributed by atoms with van der Waals surface area (Å²) in [6.45, 7) is 2.28. The number of likely N-dealkylation sites (N-methyl/N-ethyl adjacent to an activating group) is 1. The van der Waals surface area contributed by atoms with E-state index in [0.29, 0.717) is 11.8 Å². The Morgan fingerprint density at radius 2 is 1.80 bits per heavy atom. The van der Waals surface area contributed by atoms with Gasteiger partial charge in [0.15, 0.2) is 0 Å². The largest absolute Gasteiger partial charge is 0.419 e. The van der Waals surface area contributed by atoms with Crippen molar-refractivity contribution in [3.05, 3.63) is 77.7 Å². The van der Waals surface area contributed by atoms with Gasteiger partial charge in [0, 0.05) is 18.7 Å². The number of benzene rings is 2. The summed E-state index contributed by atoms with van der Waals surface area (Å²) < 4.78 is 5.65. The molecule has 0 unspecified atom stereocenters. The molecule has 1 heterocycles. The van der Waals surface area contributed by atoms with Crippen LogP contribution in [0.5, 0.6) is 0 Å². The Bertz CT molecular complexity index is 867. The molecular formula is C20H19N3O2. The molecule has 0 saturated heterocycles. The van der Waals surface area contributed by atoms with Gasteiger partial charge < -0.3 is 9.32 Å². The predicted molar refractivity (Wildman–Crippen MR) is 96.4 cm³/mol. The highest BCUT2D eigenvalue weighted by atomic mass is 16.4. The van der Waals surface area contributed by atoms with Crippen LogP contribution >= 0.6 is 0 Å². The molecule has 0 fully saturated rings. The van der Waals surface area contributed by atoms with Gasteiger partial charge in [-0.3, -0.25) is 4.79 Å². The summed E-state index contributed by atoms with van der Waals surface area (Å²) >= 11 is 0. The minimum absolute atomic E-state index is 0.126. The smallest absolute Gasteiger partial charge is 0.247 e. The Balaban J connectivity index is 1.63. The van der Waals surface area contributed by atoms with Gasteiger partial charge in [-0.1, -0.05) is 48.0 Å². The first-order valence-corrected chi connectivity index (χ1v) is 7.99. The summed E-state index contributed by atoms with van der Waals surface area (Å²) in [4.78, 5) is 13.7. The van der Waals surface area contributed by atoms with Crippen LogP contribution in [0.2, 0.25) is 0 Å². The molecule has 5 heteroatoms. The number of aromatic nitrogens is 2. The second-order valence-corrected chi connectivity index (χ2v) is 5.81. The van der Waals surface area contributed by atoms with Crippen LogP contribution in [-0.2, 0) is 11.3 Å². The van der Waals surface area contributed by atoms with Crippen LogP contribution in [0.3, 0.4) is 0 Å². The first-order valence-electron chi connectivity index (χ1n) is 7.99. The van der Waals surface area contributed by atoms with Gasteiger partial charge in [-0.2, -0.15) is 0 Å². The molecular weight excluding hydrogens is 314 g/mol. The van der Waals surface area contributed by atoms with Crippen LogP contribution in [0.1, 0.15) is 17.0 Å². The van der Waals surface area contributed by atoms with Crippen LogP contribution in [0.4, 0.5) is 0 Å². The van der Waals surface area contributed by atoms with E-state index in [0.717, 1.165) is 11.1 Å². The molecule has 25 heavy (non-hydrogen) atoms. The fraction of sp³-hybridized carbons (Fsp3) is 0.150. The fourth-order valence-electron chi connectivity index (χ4n) is 2.27. The number of hydrogen-bond acceptors (Lipinski definition) is 4. The van der Waals surface area contributed by atoms with Crippen molar-refractivity contribution in [3.8, 4) is 11.5 Å². The summed E-state index contributed by atoms with van der Waals surface area (Å²) in [5, 5.41) is 8.07. The van der Waals surface area contributed by atoms with Gasteiger partial charge in [0.2, 0.25) is 17.7 Å². The molecule has 0 saturated carbocycles. The van der Waals surface area contributed by atoms with Gasteiger partial charge in [-0.15, -0.1) is 10.2 Å². The summed E-state index contributed by atoms with van der Waals surface area (Å²) in [6.07, 6.45) is 3.32. The highest BCUT2D eigenvalue weighted by Crippen LogP contribution is 2.18. The van der Waals surface area contributed by atoms with Crippen LogP contribution in [0.25, 0.3) is 17.5 Å². The topological polar surface area (TPSA) is 59.2 Å². The minimum atomic E-state index is -0.126. The molecule has 5 nitrogen and oxygen atoms in total. The van der Waals surface area contributed by atoms with E-state index in [1.807, 2.05) is 61.5 Å². The molecule has 0 aliphatic heterocycles. The standard InChI is InChI=1S/C20H19N3O2/c1-15-8-11-17(12-9-15)20-22-21-18(25-20)14-23(2)19(24)13-10-16-6-4-3-5-7-16/h3-13H,14H2,1-2H3/b13-10+. The van der Waals surface area contributed by atoms with E-state index in [-0.39, 0.29) is 12.5 Å². The molecule has 0 atom stereocenters. The predicted octanol–water partition coefficient (Wildman–Crippen LogP) is 3.72. The lowest BCUT2D eigenvalue weighted by Crippen LogP contribution is -2.24. The summed E-state index contributed by atoms with van der Waals surface area (Å²) in [6, 6.07) is 17.5.